The second-order valence-corrected chi connectivity index (χ2v) is 7.05. The van der Waals surface area contributed by atoms with Crippen molar-refractivity contribution in [2.24, 2.45) is 0 Å². The molecule has 1 aliphatic heterocycles. The summed E-state index contributed by atoms with van der Waals surface area (Å²) in [7, 11) is 0. The third-order valence-electron chi connectivity index (χ3n) is 4.42. The maximum Gasteiger partial charge on any atom is 0.276 e. The number of aromatic nitrogens is 2. The molecule has 30 heavy (non-hydrogen) atoms. The number of hydrogen-bond acceptors (Lipinski definition) is 6. The number of fused-ring (bicyclic) bond motifs is 1. The average Bonchev–Trinajstić information content (AvgIpc) is 2.75. The van der Waals surface area contributed by atoms with Crippen LogP contribution >= 0.6 is 11.6 Å². The quantitative estimate of drug-likeness (QED) is 0.577. The first kappa shape index (κ1) is 19.7. The first-order valence-electron chi connectivity index (χ1n) is 9.23. The Hall–Kier alpha value is -3.65. The fourth-order valence-corrected chi connectivity index (χ4v) is 3.04. The van der Waals surface area contributed by atoms with Gasteiger partial charge in [-0.3, -0.25) is 9.59 Å². The molecular weight excluding hydrogens is 406 g/mol. The van der Waals surface area contributed by atoms with E-state index in [-0.39, 0.29) is 22.6 Å². The van der Waals surface area contributed by atoms with Crippen molar-refractivity contribution < 1.29 is 14.3 Å². The van der Waals surface area contributed by atoms with E-state index in [1.54, 1.807) is 25.1 Å². The lowest BCUT2D eigenvalue weighted by molar-refractivity contribution is -0.122. The van der Waals surface area contributed by atoms with E-state index in [9.17, 15) is 9.59 Å². The van der Waals surface area contributed by atoms with Gasteiger partial charge in [0.15, 0.2) is 11.8 Å². The van der Waals surface area contributed by atoms with Crippen molar-refractivity contribution in [2.45, 2.75) is 19.6 Å². The molecule has 3 N–H and O–H groups in total. The molecule has 0 fully saturated rings. The van der Waals surface area contributed by atoms with E-state index in [1.165, 1.54) is 6.20 Å². The topological polar surface area (TPSA) is 105 Å². The van der Waals surface area contributed by atoms with Crippen molar-refractivity contribution >= 4 is 40.7 Å². The van der Waals surface area contributed by atoms with E-state index in [2.05, 4.69) is 25.9 Å². The minimum Gasteiger partial charge on any atom is -0.479 e. The minimum atomic E-state index is -0.570. The third kappa shape index (κ3) is 4.33. The Labute approximate surface area is 177 Å². The number of hydrogen-bond donors (Lipinski definition) is 3. The number of nitrogens with zero attached hydrogens (tertiary/aromatic N) is 2. The molecule has 1 atom stereocenters. The van der Waals surface area contributed by atoms with Crippen LogP contribution < -0.4 is 20.7 Å². The lowest BCUT2D eigenvalue weighted by Gasteiger charge is -2.23. The summed E-state index contributed by atoms with van der Waals surface area (Å²) in [6.45, 7) is 2.17. The molecule has 9 heteroatoms. The zero-order valence-electron chi connectivity index (χ0n) is 16.0. The zero-order chi connectivity index (χ0) is 21.1. The van der Waals surface area contributed by atoms with E-state index < -0.39 is 12.0 Å². The van der Waals surface area contributed by atoms with Gasteiger partial charge in [-0.1, -0.05) is 41.9 Å². The van der Waals surface area contributed by atoms with Crippen LogP contribution in [0, 0.1) is 0 Å². The van der Waals surface area contributed by atoms with Crippen LogP contribution in [0.5, 0.6) is 5.75 Å². The Balaban J connectivity index is 1.48. The second kappa shape index (κ2) is 8.38. The van der Waals surface area contributed by atoms with E-state index in [1.807, 2.05) is 30.3 Å². The summed E-state index contributed by atoms with van der Waals surface area (Å²) in [6, 6.07) is 14.7. The molecule has 2 heterocycles. The van der Waals surface area contributed by atoms with Crippen LogP contribution in [0.1, 0.15) is 23.0 Å². The van der Waals surface area contributed by atoms with Crippen molar-refractivity contribution in [2.75, 3.05) is 16.0 Å². The van der Waals surface area contributed by atoms with Crippen molar-refractivity contribution in [1.29, 1.82) is 0 Å². The summed E-state index contributed by atoms with van der Waals surface area (Å²) in [6.07, 6.45) is 0.804. The van der Waals surface area contributed by atoms with Gasteiger partial charge in [0.2, 0.25) is 5.95 Å². The van der Waals surface area contributed by atoms with E-state index in [0.717, 1.165) is 5.56 Å². The normalized spacial score (nSPS) is 14.9. The predicted octanol–water partition coefficient (Wildman–Crippen LogP) is 3.71. The van der Waals surface area contributed by atoms with Crippen molar-refractivity contribution in [1.82, 2.24) is 9.97 Å². The van der Waals surface area contributed by atoms with Crippen molar-refractivity contribution in [3.8, 4) is 5.75 Å². The van der Waals surface area contributed by atoms with Crippen LogP contribution in [0.15, 0.2) is 54.7 Å². The van der Waals surface area contributed by atoms with Gasteiger partial charge in [0, 0.05) is 12.2 Å². The molecular formula is C21H18ClN5O3. The maximum atomic E-state index is 12.7. The van der Waals surface area contributed by atoms with Crippen LogP contribution in [-0.2, 0) is 11.3 Å². The first-order valence-corrected chi connectivity index (χ1v) is 9.60. The Kier molecular flexibility index (Phi) is 5.49. The number of carbonyl (C=O) groups is 2. The Bertz CT molecular complexity index is 1110. The van der Waals surface area contributed by atoms with Gasteiger partial charge in [0.1, 0.15) is 5.75 Å². The molecule has 0 aliphatic carbocycles. The van der Waals surface area contributed by atoms with Gasteiger partial charge in [0.05, 0.1) is 16.9 Å². The van der Waals surface area contributed by atoms with Gasteiger partial charge in [-0.15, -0.1) is 0 Å². The number of nitrogens with one attached hydrogen (secondary N) is 3. The highest BCUT2D eigenvalue weighted by atomic mass is 35.5. The minimum absolute atomic E-state index is 0.0360. The van der Waals surface area contributed by atoms with Gasteiger partial charge in [-0.25, -0.2) is 9.97 Å². The van der Waals surface area contributed by atoms with Crippen LogP contribution in [0.25, 0.3) is 0 Å². The number of carbonyl (C=O) groups excluding carboxylic acids is 2. The second-order valence-electron chi connectivity index (χ2n) is 6.64. The lowest BCUT2D eigenvalue weighted by atomic mass is 10.2. The molecule has 0 spiro atoms. The number of anilines is 3. The van der Waals surface area contributed by atoms with Crippen LogP contribution in [-0.4, -0.2) is 27.9 Å². The highest BCUT2D eigenvalue weighted by Crippen LogP contribution is 2.32. The molecule has 1 aromatic heterocycles. The number of benzene rings is 2. The zero-order valence-corrected chi connectivity index (χ0v) is 16.7. The number of amides is 2. The predicted molar refractivity (Wildman–Crippen MR) is 114 cm³/mol. The summed E-state index contributed by atoms with van der Waals surface area (Å²) in [4.78, 5) is 32.9. The molecule has 3 aromatic rings. The smallest absolute Gasteiger partial charge is 0.276 e. The number of rotatable bonds is 5. The molecule has 0 radical (unpaired) electrons. The van der Waals surface area contributed by atoms with Crippen LogP contribution in [0.3, 0.4) is 0 Å². The highest BCUT2D eigenvalue weighted by molar-refractivity contribution is 6.34. The first-order chi connectivity index (χ1) is 14.5. The Morgan fingerprint density at radius 2 is 2.03 bits per heavy atom. The Morgan fingerprint density at radius 1 is 1.23 bits per heavy atom. The summed E-state index contributed by atoms with van der Waals surface area (Å²) in [5.74, 6) is 0.0709. The molecule has 2 aromatic carbocycles. The molecule has 1 aliphatic rings. The van der Waals surface area contributed by atoms with Gasteiger partial charge < -0.3 is 20.7 Å². The molecule has 1 unspecified atom stereocenters. The summed E-state index contributed by atoms with van der Waals surface area (Å²) in [5, 5.41) is 8.67. The largest absolute Gasteiger partial charge is 0.479 e. The van der Waals surface area contributed by atoms with Gasteiger partial charge in [-0.05, 0) is 30.7 Å². The standard InChI is InChI=1S/C21H18ClN5O3/c1-12-19(28)26-16-9-14(7-8-17(16)30-12)25-20(29)18-15(22)11-24-21(27-18)23-10-13-5-3-2-4-6-13/h2-9,11-12H,10H2,1H3,(H,25,29)(H,26,28)(H,23,24,27). The summed E-state index contributed by atoms with van der Waals surface area (Å²) in [5.41, 5.74) is 2.03. The highest BCUT2D eigenvalue weighted by Gasteiger charge is 2.24. The van der Waals surface area contributed by atoms with Crippen LogP contribution in [0.2, 0.25) is 5.02 Å². The summed E-state index contributed by atoms with van der Waals surface area (Å²) < 4.78 is 5.51. The maximum absolute atomic E-state index is 12.7. The fraction of sp³-hybridized carbons (Fsp3) is 0.143. The molecule has 4 rings (SSSR count). The average molecular weight is 424 g/mol. The van der Waals surface area contributed by atoms with Crippen molar-refractivity contribution in [3.63, 3.8) is 0 Å². The molecule has 0 saturated carbocycles. The fourth-order valence-electron chi connectivity index (χ4n) is 2.87. The van der Waals surface area contributed by atoms with Gasteiger partial charge >= 0.3 is 0 Å². The molecule has 0 saturated heterocycles. The molecule has 8 nitrogen and oxygen atoms in total. The lowest BCUT2D eigenvalue weighted by Crippen LogP contribution is -2.34. The molecule has 2 amide bonds. The molecule has 0 bridgehead atoms. The molecule has 152 valence electrons. The number of halogens is 1. The SMILES string of the molecule is CC1Oc2ccc(NC(=O)c3nc(NCc4ccccc4)ncc3Cl)cc2NC1=O. The van der Waals surface area contributed by atoms with Crippen molar-refractivity contribution in [3.05, 3.63) is 71.0 Å². The van der Waals surface area contributed by atoms with E-state index in [4.69, 9.17) is 16.3 Å². The van der Waals surface area contributed by atoms with Gasteiger partial charge in [0.25, 0.3) is 11.8 Å². The summed E-state index contributed by atoms with van der Waals surface area (Å²) >= 11 is 6.13. The van der Waals surface area contributed by atoms with Crippen LogP contribution in [0.4, 0.5) is 17.3 Å². The Morgan fingerprint density at radius 3 is 2.83 bits per heavy atom. The third-order valence-corrected chi connectivity index (χ3v) is 4.70. The van der Waals surface area contributed by atoms with E-state index in [0.29, 0.717) is 23.7 Å². The number of ether oxygens (including phenoxy) is 1. The van der Waals surface area contributed by atoms with Gasteiger partial charge in [-0.2, -0.15) is 0 Å². The van der Waals surface area contributed by atoms with E-state index >= 15 is 0 Å². The monoisotopic (exact) mass is 423 g/mol.